The van der Waals surface area contributed by atoms with Gasteiger partial charge in [-0.25, -0.2) is 9.97 Å². The summed E-state index contributed by atoms with van der Waals surface area (Å²) in [5.41, 5.74) is 8.73. The van der Waals surface area contributed by atoms with Gasteiger partial charge in [0.05, 0.1) is 14.2 Å². The van der Waals surface area contributed by atoms with E-state index in [4.69, 9.17) is 15.2 Å². The first-order valence-corrected chi connectivity index (χ1v) is 9.03. The van der Waals surface area contributed by atoms with Crippen LogP contribution in [0.2, 0.25) is 0 Å². The molecule has 0 amide bonds. The van der Waals surface area contributed by atoms with Gasteiger partial charge in [0, 0.05) is 17.9 Å². The summed E-state index contributed by atoms with van der Waals surface area (Å²) in [6, 6.07) is 7.69. The van der Waals surface area contributed by atoms with Crippen molar-refractivity contribution in [3.63, 3.8) is 0 Å². The number of aryl methyl sites for hydroxylation is 2. The van der Waals surface area contributed by atoms with Gasteiger partial charge in [-0.3, -0.25) is 10.3 Å². The maximum absolute atomic E-state index is 5.89. The zero-order chi connectivity index (χ0) is 20.2. The normalized spacial score (nSPS) is 10.7. The molecule has 0 bridgehead atoms. The molecule has 3 N–H and O–H groups in total. The average molecular weight is 374 g/mol. The molecule has 0 radical (unpaired) electrons. The lowest BCUT2D eigenvalue weighted by atomic mass is 10.1. The summed E-state index contributed by atoms with van der Waals surface area (Å²) in [5.74, 6) is 2.16. The Hall–Kier alpha value is -2.83. The van der Waals surface area contributed by atoms with Gasteiger partial charge in [0.2, 0.25) is 5.95 Å². The minimum atomic E-state index is 0.292. The Morgan fingerprint density at radius 1 is 1.04 bits per heavy atom. The Morgan fingerprint density at radius 2 is 1.63 bits per heavy atom. The fraction of sp³-hybridized carbons (Fsp3) is 0.450. The third-order valence-electron chi connectivity index (χ3n) is 3.35. The number of guanidine groups is 1. The molecule has 0 aliphatic carbocycles. The van der Waals surface area contributed by atoms with Crippen molar-refractivity contribution in [2.45, 2.75) is 40.5 Å². The Bertz CT molecular complexity index is 727. The number of aliphatic imine (C=N–C) groups is 1. The summed E-state index contributed by atoms with van der Waals surface area (Å²) in [6.45, 7) is 8.60. The number of nitrogens with two attached hydrogens (primary N) is 1. The lowest BCUT2D eigenvalue weighted by Gasteiger charge is -2.09. The lowest BCUT2D eigenvalue weighted by molar-refractivity contribution is 0.354. The smallest absolute Gasteiger partial charge is 0.229 e. The van der Waals surface area contributed by atoms with Gasteiger partial charge in [-0.1, -0.05) is 26.3 Å². The van der Waals surface area contributed by atoms with Crippen LogP contribution in [0.1, 0.15) is 37.2 Å². The number of anilines is 1. The summed E-state index contributed by atoms with van der Waals surface area (Å²) in [6.07, 6.45) is 1.98. The fourth-order valence-corrected chi connectivity index (χ4v) is 2.28. The highest BCUT2D eigenvalue weighted by atomic mass is 16.5. The molecule has 7 heteroatoms. The molecule has 148 valence electrons. The standard InChI is InChI=1S/C17H23N5O2.C3H8/c1-11-9-12(2)21-17(20-11)22-16(18)19-8-7-13-5-6-14(23-3)15(10-13)24-4;1-3-2/h5-6,9-10H,7-8H2,1-4H3,(H3,18,19,20,21,22);3H2,1-2H3. The molecule has 0 saturated heterocycles. The molecule has 0 unspecified atom stereocenters. The number of methoxy groups -OCH3 is 2. The Labute approximate surface area is 162 Å². The van der Waals surface area contributed by atoms with Crippen molar-refractivity contribution >= 4 is 11.9 Å². The molecule has 2 rings (SSSR count). The molecular formula is C20H31N5O2. The molecule has 0 saturated carbocycles. The van der Waals surface area contributed by atoms with Crippen molar-refractivity contribution in [3.05, 3.63) is 41.2 Å². The predicted octanol–water partition coefficient (Wildman–Crippen LogP) is 3.50. The molecule has 0 atom stereocenters. The maximum atomic E-state index is 5.89. The zero-order valence-electron chi connectivity index (χ0n) is 17.2. The van der Waals surface area contributed by atoms with Gasteiger partial charge in [-0.05, 0) is 44.0 Å². The van der Waals surface area contributed by atoms with Gasteiger partial charge in [0.1, 0.15) is 0 Å². The van der Waals surface area contributed by atoms with Crippen LogP contribution in [0.5, 0.6) is 11.5 Å². The van der Waals surface area contributed by atoms with Gasteiger partial charge in [0.25, 0.3) is 0 Å². The molecule has 1 aromatic heterocycles. The Balaban J connectivity index is 0.00000114. The highest BCUT2D eigenvalue weighted by Crippen LogP contribution is 2.27. The third kappa shape index (κ3) is 7.94. The van der Waals surface area contributed by atoms with Crippen LogP contribution in [0.4, 0.5) is 5.95 Å². The van der Waals surface area contributed by atoms with Crippen LogP contribution in [-0.2, 0) is 6.42 Å². The van der Waals surface area contributed by atoms with E-state index in [1.54, 1.807) is 14.2 Å². The minimum absolute atomic E-state index is 0.292. The van der Waals surface area contributed by atoms with Crippen molar-refractivity contribution < 1.29 is 9.47 Å². The number of rotatable bonds is 6. The van der Waals surface area contributed by atoms with E-state index in [1.807, 2.05) is 38.1 Å². The Kier molecular flexibility index (Phi) is 9.64. The van der Waals surface area contributed by atoms with Crippen molar-refractivity contribution in [1.82, 2.24) is 9.97 Å². The molecule has 0 aliphatic heterocycles. The minimum Gasteiger partial charge on any atom is -0.493 e. The number of aromatic nitrogens is 2. The molecule has 27 heavy (non-hydrogen) atoms. The van der Waals surface area contributed by atoms with Crippen LogP contribution < -0.4 is 20.5 Å². The van der Waals surface area contributed by atoms with E-state index in [0.29, 0.717) is 30.0 Å². The Morgan fingerprint density at radius 3 is 2.19 bits per heavy atom. The van der Waals surface area contributed by atoms with Gasteiger partial charge >= 0.3 is 0 Å². The van der Waals surface area contributed by atoms with Gasteiger partial charge in [-0.15, -0.1) is 0 Å². The summed E-state index contributed by atoms with van der Waals surface area (Å²) >= 11 is 0. The highest BCUT2D eigenvalue weighted by Gasteiger charge is 2.05. The van der Waals surface area contributed by atoms with Crippen molar-refractivity contribution in [3.8, 4) is 11.5 Å². The van der Waals surface area contributed by atoms with Crippen LogP contribution in [0.3, 0.4) is 0 Å². The summed E-state index contributed by atoms with van der Waals surface area (Å²) in [7, 11) is 3.23. The molecule has 7 nitrogen and oxygen atoms in total. The van der Waals surface area contributed by atoms with Crippen LogP contribution in [0.25, 0.3) is 0 Å². The molecule has 1 heterocycles. The van der Waals surface area contributed by atoms with E-state index >= 15 is 0 Å². The van der Waals surface area contributed by atoms with Crippen molar-refractivity contribution in [2.24, 2.45) is 10.7 Å². The van der Waals surface area contributed by atoms with Crippen LogP contribution in [0.15, 0.2) is 29.3 Å². The van der Waals surface area contributed by atoms with E-state index in [1.165, 1.54) is 6.42 Å². The summed E-state index contributed by atoms with van der Waals surface area (Å²) in [5, 5.41) is 2.91. The number of ether oxygens (including phenoxy) is 2. The molecular weight excluding hydrogens is 342 g/mol. The second kappa shape index (κ2) is 11.7. The number of nitrogens with zero attached hydrogens (tertiary/aromatic N) is 3. The van der Waals surface area contributed by atoms with Crippen LogP contribution >= 0.6 is 0 Å². The van der Waals surface area contributed by atoms with E-state index in [9.17, 15) is 0 Å². The third-order valence-corrected chi connectivity index (χ3v) is 3.35. The van der Waals surface area contributed by atoms with Gasteiger partial charge in [-0.2, -0.15) is 0 Å². The quantitative estimate of drug-likeness (QED) is 0.594. The van der Waals surface area contributed by atoms with E-state index < -0.39 is 0 Å². The molecule has 1 aromatic carbocycles. The van der Waals surface area contributed by atoms with Crippen LogP contribution in [0, 0.1) is 13.8 Å². The second-order valence-corrected chi connectivity index (χ2v) is 6.01. The fourth-order valence-electron chi connectivity index (χ4n) is 2.28. The van der Waals surface area contributed by atoms with E-state index in [2.05, 4.69) is 34.1 Å². The summed E-state index contributed by atoms with van der Waals surface area (Å²) < 4.78 is 10.5. The molecule has 0 spiro atoms. The maximum Gasteiger partial charge on any atom is 0.229 e. The largest absolute Gasteiger partial charge is 0.493 e. The topological polar surface area (TPSA) is 94.7 Å². The molecule has 2 aromatic rings. The van der Waals surface area contributed by atoms with E-state index in [-0.39, 0.29) is 0 Å². The SMILES string of the molecule is CCC.COc1ccc(CCN=C(N)Nc2nc(C)cc(C)n2)cc1OC. The first-order chi connectivity index (χ1) is 12.9. The first-order valence-electron chi connectivity index (χ1n) is 9.03. The van der Waals surface area contributed by atoms with Crippen molar-refractivity contribution in [2.75, 3.05) is 26.1 Å². The first kappa shape index (κ1) is 22.2. The monoisotopic (exact) mass is 373 g/mol. The summed E-state index contributed by atoms with van der Waals surface area (Å²) in [4.78, 5) is 12.8. The number of nitrogens with one attached hydrogen (secondary N) is 1. The van der Waals surface area contributed by atoms with Crippen LogP contribution in [-0.4, -0.2) is 36.7 Å². The average Bonchev–Trinajstić information content (AvgIpc) is 2.61. The highest BCUT2D eigenvalue weighted by molar-refractivity contribution is 5.90. The number of benzene rings is 1. The predicted molar refractivity (Wildman–Crippen MR) is 111 cm³/mol. The van der Waals surface area contributed by atoms with E-state index in [0.717, 1.165) is 23.4 Å². The number of hydrogen-bond acceptors (Lipinski definition) is 5. The number of hydrogen-bond donors (Lipinski definition) is 2. The second-order valence-electron chi connectivity index (χ2n) is 6.01. The zero-order valence-corrected chi connectivity index (χ0v) is 17.2. The van der Waals surface area contributed by atoms with Gasteiger partial charge in [0.15, 0.2) is 17.5 Å². The van der Waals surface area contributed by atoms with Gasteiger partial charge < -0.3 is 15.2 Å². The molecule has 0 aliphatic rings. The lowest BCUT2D eigenvalue weighted by Crippen LogP contribution is -2.24. The van der Waals surface area contributed by atoms with Crippen molar-refractivity contribution in [1.29, 1.82) is 0 Å². The molecule has 0 fully saturated rings.